The summed E-state index contributed by atoms with van der Waals surface area (Å²) in [6, 6.07) is 9.73. The van der Waals surface area contributed by atoms with Crippen LogP contribution in [0.15, 0.2) is 47.1 Å². The van der Waals surface area contributed by atoms with E-state index in [1.54, 1.807) is 29.2 Å². The number of non-ortho nitro benzene ring substituents is 1. The van der Waals surface area contributed by atoms with Crippen molar-refractivity contribution in [1.82, 2.24) is 4.90 Å². The monoisotopic (exact) mass is 330 g/mol. The van der Waals surface area contributed by atoms with Crippen LogP contribution in [-0.4, -0.2) is 34.9 Å². The summed E-state index contributed by atoms with van der Waals surface area (Å²) in [4.78, 5) is 24.4. The molecule has 126 valence electrons. The van der Waals surface area contributed by atoms with Gasteiger partial charge >= 0.3 is 0 Å². The average molecular weight is 330 g/mol. The number of likely N-dealkylation sites (tertiary alicyclic amines) is 1. The van der Waals surface area contributed by atoms with E-state index in [1.807, 2.05) is 0 Å². The Labute approximate surface area is 139 Å². The van der Waals surface area contributed by atoms with E-state index in [0.717, 1.165) is 18.4 Å². The maximum Gasteiger partial charge on any atom is 0.289 e. The van der Waals surface area contributed by atoms with E-state index in [0.29, 0.717) is 18.8 Å². The molecule has 1 saturated heterocycles. The van der Waals surface area contributed by atoms with Crippen molar-refractivity contribution in [2.75, 3.05) is 13.1 Å². The number of rotatable bonds is 5. The largest absolute Gasteiger partial charge is 0.459 e. The van der Waals surface area contributed by atoms with Gasteiger partial charge in [-0.2, -0.15) is 0 Å². The molecule has 0 aliphatic carbocycles. The summed E-state index contributed by atoms with van der Waals surface area (Å²) in [6.45, 7) is 1.46. The molecule has 1 atom stereocenters. The predicted octanol–water partition coefficient (Wildman–Crippen LogP) is 3.01. The minimum Gasteiger partial charge on any atom is -0.459 e. The van der Waals surface area contributed by atoms with E-state index in [1.165, 1.54) is 18.4 Å². The number of amides is 1. The van der Waals surface area contributed by atoms with Gasteiger partial charge in [0.25, 0.3) is 11.6 Å². The average Bonchev–Trinajstić information content (AvgIpc) is 3.14. The van der Waals surface area contributed by atoms with E-state index in [2.05, 4.69) is 0 Å². The highest BCUT2D eigenvalue weighted by atomic mass is 16.6. The Hall–Kier alpha value is -2.67. The molecule has 1 aliphatic heterocycles. The van der Waals surface area contributed by atoms with Crippen molar-refractivity contribution in [2.45, 2.75) is 25.6 Å². The van der Waals surface area contributed by atoms with Gasteiger partial charge in [0.15, 0.2) is 5.76 Å². The van der Waals surface area contributed by atoms with Crippen molar-refractivity contribution in [1.29, 1.82) is 0 Å². The number of nitro benzene ring substituents is 1. The van der Waals surface area contributed by atoms with Crippen molar-refractivity contribution < 1.29 is 18.9 Å². The molecule has 1 aliphatic rings. The summed E-state index contributed by atoms with van der Waals surface area (Å²) in [6.07, 6.45) is 3.10. The Morgan fingerprint density at radius 3 is 3.00 bits per heavy atom. The number of benzene rings is 1. The van der Waals surface area contributed by atoms with E-state index < -0.39 is 4.92 Å². The molecule has 24 heavy (non-hydrogen) atoms. The molecule has 2 heterocycles. The third kappa shape index (κ3) is 3.80. The molecular weight excluding hydrogens is 312 g/mol. The first kappa shape index (κ1) is 16.2. The maximum atomic E-state index is 12.3. The highest BCUT2D eigenvalue weighted by Gasteiger charge is 2.26. The Morgan fingerprint density at radius 2 is 2.25 bits per heavy atom. The van der Waals surface area contributed by atoms with Gasteiger partial charge in [-0.1, -0.05) is 12.1 Å². The minimum absolute atomic E-state index is 0.0503. The molecule has 2 aromatic rings. The predicted molar refractivity (Wildman–Crippen MR) is 85.5 cm³/mol. The highest BCUT2D eigenvalue weighted by molar-refractivity contribution is 5.91. The van der Waals surface area contributed by atoms with E-state index >= 15 is 0 Å². The van der Waals surface area contributed by atoms with Crippen LogP contribution in [0, 0.1) is 10.1 Å². The standard InChI is InChI=1S/C17H18N2O5/c20-17(16-7-3-9-23-16)18-8-2-6-15(11-18)24-12-13-4-1-5-14(10-13)19(21)22/h1,3-5,7,9-10,15H,2,6,8,11-12H2. The van der Waals surface area contributed by atoms with Gasteiger partial charge in [-0.05, 0) is 30.5 Å². The number of nitro groups is 1. The first-order valence-corrected chi connectivity index (χ1v) is 7.81. The smallest absolute Gasteiger partial charge is 0.289 e. The molecular formula is C17H18N2O5. The molecule has 7 heteroatoms. The van der Waals surface area contributed by atoms with Crippen molar-refractivity contribution in [3.05, 3.63) is 64.1 Å². The van der Waals surface area contributed by atoms with E-state index in [9.17, 15) is 14.9 Å². The number of hydrogen-bond donors (Lipinski definition) is 0. The highest BCUT2D eigenvalue weighted by Crippen LogP contribution is 2.19. The van der Waals surface area contributed by atoms with Crippen molar-refractivity contribution >= 4 is 11.6 Å². The zero-order valence-corrected chi connectivity index (χ0v) is 13.1. The second-order valence-electron chi connectivity index (χ2n) is 5.73. The molecule has 1 fully saturated rings. The molecule has 3 rings (SSSR count). The van der Waals surface area contributed by atoms with Crippen LogP contribution >= 0.6 is 0 Å². The number of ether oxygens (including phenoxy) is 1. The Balaban J connectivity index is 1.57. The molecule has 1 unspecified atom stereocenters. The molecule has 1 amide bonds. The number of carbonyl (C=O) groups is 1. The second-order valence-corrected chi connectivity index (χ2v) is 5.73. The van der Waals surface area contributed by atoms with Gasteiger partial charge in [0.1, 0.15) is 0 Å². The molecule has 0 N–H and O–H groups in total. The van der Waals surface area contributed by atoms with Gasteiger partial charge in [0, 0.05) is 25.2 Å². The molecule has 1 aromatic heterocycles. The summed E-state index contributed by atoms with van der Waals surface area (Å²) >= 11 is 0. The maximum absolute atomic E-state index is 12.3. The Bertz CT molecular complexity index is 714. The SMILES string of the molecule is O=C(c1ccco1)N1CCCC(OCc2cccc([N+](=O)[O-])c2)C1. The first-order valence-electron chi connectivity index (χ1n) is 7.81. The van der Waals surface area contributed by atoms with Crippen LogP contribution in [0.3, 0.4) is 0 Å². The number of nitrogens with zero attached hydrogens (tertiary/aromatic N) is 2. The quantitative estimate of drug-likeness (QED) is 0.621. The van der Waals surface area contributed by atoms with Gasteiger partial charge in [-0.15, -0.1) is 0 Å². The summed E-state index contributed by atoms with van der Waals surface area (Å²) in [5.41, 5.74) is 0.799. The van der Waals surface area contributed by atoms with E-state index in [-0.39, 0.29) is 24.3 Å². The third-order valence-electron chi connectivity index (χ3n) is 4.00. The lowest BCUT2D eigenvalue weighted by Crippen LogP contribution is -2.43. The lowest BCUT2D eigenvalue weighted by Gasteiger charge is -2.32. The number of furan rings is 1. The minimum atomic E-state index is -0.423. The molecule has 0 saturated carbocycles. The van der Waals surface area contributed by atoms with Crippen LogP contribution in [0.2, 0.25) is 0 Å². The molecule has 0 radical (unpaired) electrons. The number of carbonyl (C=O) groups excluding carboxylic acids is 1. The zero-order valence-electron chi connectivity index (χ0n) is 13.1. The van der Waals surface area contributed by atoms with Crippen LogP contribution in [0.5, 0.6) is 0 Å². The lowest BCUT2D eigenvalue weighted by molar-refractivity contribution is -0.385. The third-order valence-corrected chi connectivity index (χ3v) is 4.00. The Kier molecular flexibility index (Phi) is 4.90. The summed E-state index contributed by atoms with van der Waals surface area (Å²) in [7, 11) is 0. The second kappa shape index (κ2) is 7.27. The van der Waals surface area contributed by atoms with Crippen LogP contribution in [0.4, 0.5) is 5.69 Å². The van der Waals surface area contributed by atoms with Crippen LogP contribution in [0.25, 0.3) is 0 Å². The topological polar surface area (TPSA) is 85.8 Å². The summed E-state index contributed by atoms with van der Waals surface area (Å²) in [5.74, 6) is 0.193. The zero-order chi connectivity index (χ0) is 16.9. The van der Waals surface area contributed by atoms with E-state index in [4.69, 9.17) is 9.15 Å². The molecule has 1 aromatic carbocycles. The van der Waals surface area contributed by atoms with Gasteiger partial charge in [0.2, 0.25) is 0 Å². The van der Waals surface area contributed by atoms with Gasteiger partial charge < -0.3 is 14.1 Å². The first-order chi connectivity index (χ1) is 11.6. The van der Waals surface area contributed by atoms with Gasteiger partial charge in [0.05, 0.1) is 23.9 Å². The summed E-state index contributed by atoms with van der Waals surface area (Å²) < 4.78 is 11.0. The Morgan fingerprint density at radius 1 is 1.38 bits per heavy atom. The molecule has 0 bridgehead atoms. The van der Waals surface area contributed by atoms with Crippen LogP contribution in [0.1, 0.15) is 29.0 Å². The number of hydrogen-bond acceptors (Lipinski definition) is 5. The van der Waals surface area contributed by atoms with Crippen molar-refractivity contribution in [3.63, 3.8) is 0 Å². The fourth-order valence-electron chi connectivity index (χ4n) is 2.79. The van der Waals surface area contributed by atoms with Gasteiger partial charge in [-0.25, -0.2) is 0 Å². The van der Waals surface area contributed by atoms with Crippen molar-refractivity contribution in [3.8, 4) is 0 Å². The van der Waals surface area contributed by atoms with Crippen molar-refractivity contribution in [2.24, 2.45) is 0 Å². The lowest BCUT2D eigenvalue weighted by atomic mass is 10.1. The molecule has 7 nitrogen and oxygen atoms in total. The normalized spacial score (nSPS) is 17.7. The fourth-order valence-corrected chi connectivity index (χ4v) is 2.79. The van der Waals surface area contributed by atoms with Crippen LogP contribution in [-0.2, 0) is 11.3 Å². The molecule has 0 spiro atoms. The fraction of sp³-hybridized carbons (Fsp3) is 0.353. The van der Waals surface area contributed by atoms with Crippen LogP contribution < -0.4 is 0 Å². The number of piperidine rings is 1. The summed E-state index contributed by atoms with van der Waals surface area (Å²) in [5, 5.41) is 10.8. The van der Waals surface area contributed by atoms with Gasteiger partial charge in [-0.3, -0.25) is 14.9 Å².